The van der Waals surface area contributed by atoms with Crippen molar-refractivity contribution in [3.8, 4) is 5.69 Å². The smallest absolute Gasteiger partial charge is 0.295 e. The maximum atomic E-state index is 13.1. The summed E-state index contributed by atoms with van der Waals surface area (Å²) in [5.41, 5.74) is 1.89. The van der Waals surface area contributed by atoms with Crippen LogP contribution >= 0.6 is 11.6 Å². The van der Waals surface area contributed by atoms with Gasteiger partial charge in [0.1, 0.15) is 11.6 Å². The number of anilines is 1. The van der Waals surface area contributed by atoms with Crippen LogP contribution in [0.5, 0.6) is 0 Å². The molecule has 0 bridgehead atoms. The summed E-state index contributed by atoms with van der Waals surface area (Å²) in [5, 5.41) is 7.53. The van der Waals surface area contributed by atoms with Crippen molar-refractivity contribution in [2.45, 2.75) is 13.8 Å². The van der Waals surface area contributed by atoms with E-state index in [4.69, 9.17) is 11.6 Å². The van der Waals surface area contributed by atoms with Crippen LogP contribution in [0.3, 0.4) is 0 Å². The van der Waals surface area contributed by atoms with Gasteiger partial charge in [0, 0.05) is 10.7 Å². The number of carbonyl (C=O) groups excluding carboxylic acids is 1. The zero-order chi connectivity index (χ0) is 17.3. The molecule has 0 aliphatic carbocycles. The molecule has 122 valence electrons. The molecule has 0 atom stereocenters. The Morgan fingerprint density at radius 1 is 1.17 bits per heavy atom. The van der Waals surface area contributed by atoms with Crippen molar-refractivity contribution < 1.29 is 9.18 Å². The molecule has 0 saturated heterocycles. The number of carbonyl (C=O) groups is 1. The first-order valence-corrected chi connectivity index (χ1v) is 7.59. The molecule has 3 aromatic rings. The topological polar surface area (TPSA) is 59.8 Å². The summed E-state index contributed by atoms with van der Waals surface area (Å²) in [7, 11) is 0. The Kier molecular flexibility index (Phi) is 4.31. The van der Waals surface area contributed by atoms with Crippen LogP contribution in [0.2, 0.25) is 5.02 Å². The van der Waals surface area contributed by atoms with E-state index >= 15 is 0 Å². The number of aromatic nitrogens is 3. The Bertz CT molecular complexity index is 905. The molecule has 0 unspecified atom stereocenters. The second kappa shape index (κ2) is 6.41. The number of hydrogen-bond donors (Lipinski definition) is 1. The fourth-order valence-electron chi connectivity index (χ4n) is 2.26. The summed E-state index contributed by atoms with van der Waals surface area (Å²) in [5.74, 6) is -0.212. The summed E-state index contributed by atoms with van der Waals surface area (Å²) in [6, 6.07) is 11.2. The summed E-state index contributed by atoms with van der Waals surface area (Å²) in [6.07, 6.45) is 0. The van der Waals surface area contributed by atoms with Crippen LogP contribution in [0.4, 0.5) is 10.1 Å². The molecule has 0 aliphatic rings. The number of nitrogens with one attached hydrogen (secondary N) is 1. The van der Waals surface area contributed by atoms with Gasteiger partial charge in [0.15, 0.2) is 0 Å². The minimum atomic E-state index is -0.458. The fraction of sp³-hybridized carbons (Fsp3) is 0.118. The lowest BCUT2D eigenvalue weighted by atomic mass is 10.2. The standard InChI is InChI=1S/C17H14ClFN4O/c1-10-9-13(19)5-8-15(10)21-17(24)16-20-11(2)23(22-16)14-6-3-12(18)4-7-14/h3-9H,1-2H3,(H,21,24). The van der Waals surface area contributed by atoms with E-state index in [2.05, 4.69) is 15.4 Å². The normalized spacial score (nSPS) is 10.7. The highest BCUT2D eigenvalue weighted by Crippen LogP contribution is 2.17. The van der Waals surface area contributed by atoms with Crippen molar-refractivity contribution in [2.24, 2.45) is 0 Å². The monoisotopic (exact) mass is 344 g/mol. The molecule has 0 saturated carbocycles. The number of nitrogens with zero attached hydrogens (tertiary/aromatic N) is 3. The van der Waals surface area contributed by atoms with E-state index < -0.39 is 5.91 Å². The Morgan fingerprint density at radius 3 is 2.54 bits per heavy atom. The lowest BCUT2D eigenvalue weighted by Gasteiger charge is -2.06. The molecular formula is C17H14ClFN4O. The predicted molar refractivity (Wildman–Crippen MR) is 90.2 cm³/mol. The molecule has 2 aromatic carbocycles. The molecule has 1 heterocycles. The Hall–Kier alpha value is -2.73. The van der Waals surface area contributed by atoms with E-state index in [1.165, 1.54) is 18.2 Å². The van der Waals surface area contributed by atoms with Crippen molar-refractivity contribution in [2.75, 3.05) is 5.32 Å². The summed E-state index contributed by atoms with van der Waals surface area (Å²) >= 11 is 5.87. The summed E-state index contributed by atoms with van der Waals surface area (Å²) in [6.45, 7) is 3.46. The van der Waals surface area contributed by atoms with Crippen molar-refractivity contribution >= 4 is 23.2 Å². The van der Waals surface area contributed by atoms with Crippen molar-refractivity contribution in [1.82, 2.24) is 14.8 Å². The van der Waals surface area contributed by atoms with Gasteiger partial charge < -0.3 is 5.32 Å². The third-order valence-corrected chi connectivity index (χ3v) is 3.73. The van der Waals surface area contributed by atoms with Gasteiger partial charge in [-0.05, 0) is 61.9 Å². The Labute approximate surface area is 143 Å². The molecule has 0 radical (unpaired) electrons. The SMILES string of the molecule is Cc1cc(F)ccc1NC(=O)c1nc(C)n(-c2ccc(Cl)cc2)n1. The minimum Gasteiger partial charge on any atom is -0.319 e. The minimum absolute atomic E-state index is 0.0335. The van der Waals surface area contributed by atoms with E-state index in [-0.39, 0.29) is 11.6 Å². The Balaban J connectivity index is 1.86. The molecule has 5 nitrogen and oxygen atoms in total. The van der Waals surface area contributed by atoms with Crippen LogP contribution in [0.1, 0.15) is 22.0 Å². The first-order valence-electron chi connectivity index (χ1n) is 7.21. The van der Waals surface area contributed by atoms with Crippen molar-refractivity contribution in [3.05, 3.63) is 70.5 Å². The quantitative estimate of drug-likeness (QED) is 0.783. The van der Waals surface area contributed by atoms with E-state index in [0.717, 1.165) is 5.69 Å². The molecule has 24 heavy (non-hydrogen) atoms. The van der Waals surface area contributed by atoms with Gasteiger partial charge in [-0.25, -0.2) is 14.1 Å². The Morgan fingerprint density at radius 2 is 1.88 bits per heavy atom. The molecule has 1 amide bonds. The first-order chi connectivity index (χ1) is 11.4. The lowest BCUT2D eigenvalue weighted by Crippen LogP contribution is -2.15. The van der Waals surface area contributed by atoms with E-state index in [1.807, 2.05) is 0 Å². The highest BCUT2D eigenvalue weighted by atomic mass is 35.5. The van der Waals surface area contributed by atoms with Gasteiger partial charge in [-0.15, -0.1) is 5.10 Å². The number of aryl methyl sites for hydroxylation is 2. The van der Waals surface area contributed by atoms with Gasteiger partial charge in [0.25, 0.3) is 5.91 Å². The van der Waals surface area contributed by atoms with E-state index in [9.17, 15) is 9.18 Å². The molecule has 1 aromatic heterocycles. The fourth-order valence-corrected chi connectivity index (χ4v) is 2.38. The zero-order valence-corrected chi connectivity index (χ0v) is 13.8. The summed E-state index contributed by atoms with van der Waals surface area (Å²) < 4.78 is 14.7. The van der Waals surface area contributed by atoms with Gasteiger partial charge in [-0.3, -0.25) is 4.79 Å². The van der Waals surface area contributed by atoms with Gasteiger partial charge in [-0.2, -0.15) is 0 Å². The molecule has 0 spiro atoms. The molecule has 1 N–H and O–H groups in total. The number of benzene rings is 2. The van der Waals surface area contributed by atoms with Gasteiger partial charge in [0.05, 0.1) is 5.69 Å². The molecule has 0 aliphatic heterocycles. The maximum Gasteiger partial charge on any atom is 0.295 e. The first kappa shape index (κ1) is 16.1. The van der Waals surface area contributed by atoms with Crippen LogP contribution in [0.25, 0.3) is 5.69 Å². The van der Waals surface area contributed by atoms with Gasteiger partial charge >= 0.3 is 0 Å². The number of rotatable bonds is 3. The summed E-state index contributed by atoms with van der Waals surface area (Å²) in [4.78, 5) is 16.5. The van der Waals surface area contributed by atoms with Crippen LogP contribution in [0.15, 0.2) is 42.5 Å². The average molecular weight is 345 g/mol. The van der Waals surface area contributed by atoms with Crippen molar-refractivity contribution in [1.29, 1.82) is 0 Å². The van der Waals surface area contributed by atoms with Crippen LogP contribution in [-0.4, -0.2) is 20.7 Å². The van der Waals surface area contributed by atoms with E-state index in [0.29, 0.717) is 22.1 Å². The maximum absolute atomic E-state index is 13.1. The number of halogens is 2. The lowest BCUT2D eigenvalue weighted by molar-refractivity contribution is 0.101. The molecule has 7 heteroatoms. The highest BCUT2D eigenvalue weighted by molar-refractivity contribution is 6.30. The van der Waals surface area contributed by atoms with Gasteiger partial charge in [0.2, 0.25) is 5.82 Å². The van der Waals surface area contributed by atoms with Gasteiger partial charge in [-0.1, -0.05) is 11.6 Å². The number of hydrogen-bond acceptors (Lipinski definition) is 3. The predicted octanol–water partition coefficient (Wildman–Crippen LogP) is 3.93. The average Bonchev–Trinajstić information content (AvgIpc) is 2.93. The molecular weight excluding hydrogens is 331 g/mol. The van der Waals surface area contributed by atoms with Crippen LogP contribution in [0, 0.1) is 19.7 Å². The second-order valence-electron chi connectivity index (χ2n) is 5.28. The highest BCUT2D eigenvalue weighted by Gasteiger charge is 2.16. The molecule has 3 rings (SSSR count). The molecule has 0 fully saturated rings. The van der Waals surface area contributed by atoms with E-state index in [1.54, 1.807) is 42.8 Å². The van der Waals surface area contributed by atoms with Crippen LogP contribution in [-0.2, 0) is 0 Å². The third-order valence-electron chi connectivity index (χ3n) is 3.48. The third kappa shape index (κ3) is 3.28. The van der Waals surface area contributed by atoms with Crippen molar-refractivity contribution in [3.63, 3.8) is 0 Å². The zero-order valence-electron chi connectivity index (χ0n) is 13.0. The number of amides is 1. The largest absolute Gasteiger partial charge is 0.319 e. The second-order valence-corrected chi connectivity index (χ2v) is 5.72. The van der Waals surface area contributed by atoms with Crippen LogP contribution < -0.4 is 5.32 Å².